The van der Waals surface area contributed by atoms with E-state index in [0.717, 1.165) is 13.1 Å². The highest BCUT2D eigenvalue weighted by molar-refractivity contribution is 5.50. The van der Waals surface area contributed by atoms with E-state index in [1.165, 1.54) is 6.34 Å². The molecule has 0 aromatic carbocycles. The monoisotopic (exact) mass is 100 g/mol. The summed E-state index contributed by atoms with van der Waals surface area (Å²) >= 11 is 0. The molecule has 0 aliphatic heterocycles. The first kappa shape index (κ1) is 6.47. The van der Waals surface area contributed by atoms with Crippen molar-refractivity contribution in [3.8, 4) is 0 Å². The zero-order valence-corrected chi connectivity index (χ0v) is 4.94. The van der Waals surface area contributed by atoms with Crippen LogP contribution in [0, 0.1) is 5.41 Å². The lowest BCUT2D eigenvalue weighted by atomic mass is 10.6. The summed E-state index contributed by atoms with van der Waals surface area (Å²) in [5.74, 6) is 0. The van der Waals surface area contributed by atoms with Crippen molar-refractivity contribution < 1.29 is 0 Å². The third-order valence-electron chi connectivity index (χ3n) is 0.995. The van der Waals surface area contributed by atoms with Crippen molar-refractivity contribution >= 4 is 6.34 Å². The summed E-state index contributed by atoms with van der Waals surface area (Å²) in [4.78, 5) is 1.92. The molecular weight excluding hydrogens is 88.1 g/mol. The first-order valence-electron chi connectivity index (χ1n) is 2.59. The average molecular weight is 100 g/mol. The van der Waals surface area contributed by atoms with Gasteiger partial charge in [-0.3, -0.25) is 5.41 Å². The molecule has 2 nitrogen and oxygen atoms in total. The second-order valence-corrected chi connectivity index (χ2v) is 1.35. The quantitative estimate of drug-likeness (QED) is 0.414. The van der Waals surface area contributed by atoms with Gasteiger partial charge in [-0.15, -0.1) is 0 Å². The lowest BCUT2D eigenvalue weighted by Crippen LogP contribution is -2.19. The van der Waals surface area contributed by atoms with Crippen molar-refractivity contribution in [3.63, 3.8) is 0 Å². The van der Waals surface area contributed by atoms with Crippen molar-refractivity contribution in [2.24, 2.45) is 0 Å². The summed E-state index contributed by atoms with van der Waals surface area (Å²) in [7, 11) is 0. The van der Waals surface area contributed by atoms with Crippen LogP contribution in [0.4, 0.5) is 0 Å². The minimum Gasteiger partial charge on any atom is -0.364 e. The molecule has 0 aliphatic carbocycles. The Kier molecular flexibility index (Phi) is 3.38. The summed E-state index contributed by atoms with van der Waals surface area (Å²) in [5.41, 5.74) is 0. The molecule has 7 heavy (non-hydrogen) atoms. The molecule has 0 aliphatic rings. The summed E-state index contributed by atoms with van der Waals surface area (Å²) < 4.78 is 0. The third-order valence-corrected chi connectivity index (χ3v) is 0.995. The Morgan fingerprint density at radius 3 is 1.86 bits per heavy atom. The minimum atomic E-state index is 0.944. The lowest BCUT2D eigenvalue weighted by molar-refractivity contribution is 0.477. The fraction of sp³-hybridized carbons (Fsp3) is 0.800. The van der Waals surface area contributed by atoms with Gasteiger partial charge in [0, 0.05) is 13.1 Å². The van der Waals surface area contributed by atoms with Crippen LogP contribution >= 0.6 is 0 Å². The van der Waals surface area contributed by atoms with Gasteiger partial charge in [-0.05, 0) is 13.8 Å². The van der Waals surface area contributed by atoms with Gasteiger partial charge in [-0.2, -0.15) is 0 Å². The molecule has 0 aromatic rings. The molecule has 0 fully saturated rings. The molecule has 0 saturated heterocycles. The van der Waals surface area contributed by atoms with Gasteiger partial charge in [0.15, 0.2) is 0 Å². The fourth-order valence-corrected chi connectivity index (χ4v) is 0.406. The van der Waals surface area contributed by atoms with Gasteiger partial charge in [0.05, 0.1) is 6.34 Å². The smallest absolute Gasteiger partial charge is 0.0817 e. The first-order chi connectivity index (χ1) is 3.35. The van der Waals surface area contributed by atoms with E-state index in [2.05, 4.69) is 0 Å². The third kappa shape index (κ3) is 2.20. The zero-order valence-electron chi connectivity index (χ0n) is 4.94. The maximum Gasteiger partial charge on any atom is 0.0817 e. The fourth-order valence-electron chi connectivity index (χ4n) is 0.406. The van der Waals surface area contributed by atoms with Crippen LogP contribution in [0.3, 0.4) is 0 Å². The van der Waals surface area contributed by atoms with Crippen LogP contribution in [0.25, 0.3) is 0 Å². The molecule has 0 rings (SSSR count). The van der Waals surface area contributed by atoms with Gasteiger partial charge < -0.3 is 4.90 Å². The molecule has 0 aromatic heterocycles. The summed E-state index contributed by atoms with van der Waals surface area (Å²) in [6, 6.07) is 0. The lowest BCUT2D eigenvalue weighted by Gasteiger charge is -2.11. The van der Waals surface area contributed by atoms with Gasteiger partial charge in [0.1, 0.15) is 0 Å². The van der Waals surface area contributed by atoms with Crippen LogP contribution in [0.2, 0.25) is 0 Å². The molecule has 2 heteroatoms. The van der Waals surface area contributed by atoms with E-state index < -0.39 is 0 Å². The normalized spacial score (nSPS) is 8.29. The number of nitrogens with zero attached hydrogens (tertiary/aromatic N) is 1. The van der Waals surface area contributed by atoms with E-state index in [9.17, 15) is 0 Å². The van der Waals surface area contributed by atoms with E-state index in [1.54, 1.807) is 0 Å². The molecular formula is C5H12N2. The Hall–Kier alpha value is -0.530. The van der Waals surface area contributed by atoms with E-state index in [4.69, 9.17) is 5.41 Å². The first-order valence-corrected chi connectivity index (χ1v) is 2.59. The number of rotatable bonds is 3. The van der Waals surface area contributed by atoms with Crippen LogP contribution in [-0.2, 0) is 0 Å². The highest BCUT2D eigenvalue weighted by Gasteiger charge is 1.84. The Morgan fingerprint density at radius 1 is 1.43 bits per heavy atom. The second-order valence-electron chi connectivity index (χ2n) is 1.35. The number of hydrogen-bond donors (Lipinski definition) is 1. The van der Waals surface area contributed by atoms with E-state index in [0.29, 0.717) is 0 Å². The SMILES string of the molecule is CCN(C=N)CC. The van der Waals surface area contributed by atoms with Crippen LogP contribution in [0.15, 0.2) is 0 Å². The highest BCUT2D eigenvalue weighted by Crippen LogP contribution is 1.76. The maximum absolute atomic E-state index is 6.76. The largest absolute Gasteiger partial charge is 0.364 e. The van der Waals surface area contributed by atoms with Crippen LogP contribution in [0.1, 0.15) is 13.8 Å². The van der Waals surface area contributed by atoms with E-state index >= 15 is 0 Å². The predicted molar refractivity (Wildman–Crippen MR) is 31.7 cm³/mol. The second kappa shape index (κ2) is 3.65. The van der Waals surface area contributed by atoms with Gasteiger partial charge >= 0.3 is 0 Å². The van der Waals surface area contributed by atoms with Crippen molar-refractivity contribution in [1.82, 2.24) is 4.90 Å². The summed E-state index contributed by atoms with van der Waals surface area (Å²) in [5, 5.41) is 6.76. The average Bonchev–Trinajstić information content (AvgIpc) is 1.72. The molecule has 0 heterocycles. The molecule has 1 N–H and O–H groups in total. The molecule has 0 amide bonds. The van der Waals surface area contributed by atoms with Crippen LogP contribution < -0.4 is 0 Å². The molecule has 0 spiro atoms. The Balaban J connectivity index is 3.16. The Bertz CT molecular complexity index is 48.0. The number of nitrogens with one attached hydrogen (secondary N) is 1. The van der Waals surface area contributed by atoms with Crippen LogP contribution in [0.5, 0.6) is 0 Å². The molecule has 0 bridgehead atoms. The van der Waals surface area contributed by atoms with E-state index in [1.807, 2.05) is 18.7 Å². The van der Waals surface area contributed by atoms with Gasteiger partial charge in [0.2, 0.25) is 0 Å². The van der Waals surface area contributed by atoms with Crippen LogP contribution in [-0.4, -0.2) is 24.3 Å². The standard InChI is InChI=1S/C5H12N2/c1-3-7(4-2)5-6/h5-6H,3-4H2,1-2H3. The highest BCUT2D eigenvalue weighted by atomic mass is 15.1. The van der Waals surface area contributed by atoms with Gasteiger partial charge in [-0.25, -0.2) is 0 Å². The molecule has 0 atom stereocenters. The van der Waals surface area contributed by atoms with Gasteiger partial charge in [0.25, 0.3) is 0 Å². The van der Waals surface area contributed by atoms with Crippen molar-refractivity contribution in [2.75, 3.05) is 13.1 Å². The molecule has 0 unspecified atom stereocenters. The Labute approximate surface area is 44.6 Å². The predicted octanol–water partition coefficient (Wildman–Crippen LogP) is 0.935. The zero-order chi connectivity index (χ0) is 5.70. The molecule has 0 radical (unpaired) electrons. The van der Waals surface area contributed by atoms with Crippen molar-refractivity contribution in [1.29, 1.82) is 5.41 Å². The van der Waals surface area contributed by atoms with Crippen molar-refractivity contribution in [2.45, 2.75) is 13.8 Å². The van der Waals surface area contributed by atoms with Crippen molar-refractivity contribution in [3.05, 3.63) is 0 Å². The maximum atomic E-state index is 6.76. The topological polar surface area (TPSA) is 27.1 Å². The molecule has 0 saturated carbocycles. The summed E-state index contributed by atoms with van der Waals surface area (Å²) in [6.45, 7) is 5.96. The van der Waals surface area contributed by atoms with Gasteiger partial charge in [-0.1, -0.05) is 0 Å². The Morgan fingerprint density at radius 2 is 1.86 bits per heavy atom. The molecule has 42 valence electrons. The summed E-state index contributed by atoms with van der Waals surface area (Å²) in [6.07, 6.45) is 1.36. The minimum absolute atomic E-state index is 0.944. The number of hydrogen-bond acceptors (Lipinski definition) is 1. The van der Waals surface area contributed by atoms with E-state index in [-0.39, 0.29) is 0 Å².